The van der Waals surface area contributed by atoms with Gasteiger partial charge in [0.25, 0.3) is 0 Å². The molecule has 2 heterocycles. The Morgan fingerprint density at radius 3 is 3.00 bits per heavy atom. The van der Waals surface area contributed by atoms with Gasteiger partial charge in [-0.25, -0.2) is 4.39 Å². The molecule has 3 rings (SSSR count). The first-order valence-electron chi connectivity index (χ1n) is 8.01. The van der Waals surface area contributed by atoms with E-state index in [0.717, 1.165) is 36.6 Å². The highest BCUT2D eigenvalue weighted by atomic mass is 35.5. The van der Waals surface area contributed by atoms with Gasteiger partial charge in [0.2, 0.25) is 5.91 Å². The van der Waals surface area contributed by atoms with Crippen molar-refractivity contribution in [3.63, 3.8) is 0 Å². The van der Waals surface area contributed by atoms with Crippen molar-refractivity contribution in [3.05, 3.63) is 35.6 Å². The standard InChI is InChI=1S/C17H23FN2OS.ClH/c1-12-5-7-20(16(21)10-15-11-22-8-6-19-15)17(12)13-3-2-4-14(18)9-13;/h2-4,9,12,15,17,19H,5-8,10-11H2,1H3;1H. The monoisotopic (exact) mass is 358 g/mol. The number of hydrogen-bond acceptors (Lipinski definition) is 3. The fourth-order valence-corrected chi connectivity index (χ4v) is 4.45. The number of likely N-dealkylation sites (tertiary alicyclic amines) is 1. The van der Waals surface area contributed by atoms with E-state index in [0.29, 0.717) is 12.3 Å². The molecule has 2 saturated heterocycles. The van der Waals surface area contributed by atoms with E-state index in [1.807, 2.05) is 22.7 Å². The molecule has 1 amide bonds. The van der Waals surface area contributed by atoms with Crippen LogP contribution >= 0.6 is 24.2 Å². The van der Waals surface area contributed by atoms with Gasteiger partial charge in [-0.15, -0.1) is 12.4 Å². The summed E-state index contributed by atoms with van der Waals surface area (Å²) in [6.07, 6.45) is 1.53. The van der Waals surface area contributed by atoms with E-state index in [-0.39, 0.29) is 36.2 Å². The van der Waals surface area contributed by atoms with Crippen molar-refractivity contribution in [2.45, 2.75) is 31.8 Å². The fourth-order valence-electron chi connectivity index (χ4n) is 3.50. The smallest absolute Gasteiger partial charge is 0.224 e. The van der Waals surface area contributed by atoms with E-state index >= 15 is 0 Å². The fraction of sp³-hybridized carbons (Fsp3) is 0.588. The minimum atomic E-state index is -0.227. The van der Waals surface area contributed by atoms with Crippen LogP contribution in [0.1, 0.15) is 31.4 Å². The SMILES string of the molecule is CC1CCN(C(=O)CC2CSCCN2)C1c1cccc(F)c1.Cl. The molecule has 1 aromatic carbocycles. The maximum absolute atomic E-state index is 13.5. The first-order chi connectivity index (χ1) is 10.6. The predicted octanol–water partition coefficient (Wildman–Crippen LogP) is 3.25. The van der Waals surface area contributed by atoms with Crippen molar-refractivity contribution in [2.24, 2.45) is 5.92 Å². The Kier molecular flexibility index (Phi) is 6.74. The summed E-state index contributed by atoms with van der Waals surface area (Å²) in [6, 6.07) is 6.98. The number of nitrogens with one attached hydrogen (secondary N) is 1. The second kappa shape index (κ2) is 8.36. The van der Waals surface area contributed by atoms with Crippen LogP contribution < -0.4 is 5.32 Å². The van der Waals surface area contributed by atoms with Crippen LogP contribution in [-0.2, 0) is 4.79 Å². The zero-order chi connectivity index (χ0) is 15.5. The number of rotatable bonds is 3. The van der Waals surface area contributed by atoms with Gasteiger partial charge in [-0.3, -0.25) is 4.79 Å². The van der Waals surface area contributed by atoms with Crippen molar-refractivity contribution >= 4 is 30.1 Å². The molecule has 23 heavy (non-hydrogen) atoms. The van der Waals surface area contributed by atoms with Crippen molar-refractivity contribution in [3.8, 4) is 0 Å². The van der Waals surface area contributed by atoms with Gasteiger partial charge in [-0.2, -0.15) is 11.8 Å². The third-order valence-corrected chi connectivity index (χ3v) is 5.76. The van der Waals surface area contributed by atoms with Crippen molar-refractivity contribution in [2.75, 3.05) is 24.6 Å². The Labute approximate surface area is 147 Å². The molecule has 3 unspecified atom stereocenters. The molecule has 3 nitrogen and oxygen atoms in total. The van der Waals surface area contributed by atoms with Gasteiger partial charge in [-0.1, -0.05) is 19.1 Å². The molecule has 0 spiro atoms. The molecule has 2 aliphatic rings. The molecule has 1 N–H and O–H groups in total. The normalized spacial score (nSPS) is 27.6. The largest absolute Gasteiger partial charge is 0.335 e. The Morgan fingerprint density at radius 1 is 1.48 bits per heavy atom. The summed E-state index contributed by atoms with van der Waals surface area (Å²) in [5.41, 5.74) is 0.921. The Hall–Kier alpha value is -0.780. The van der Waals surface area contributed by atoms with Crippen LogP contribution in [0.3, 0.4) is 0 Å². The van der Waals surface area contributed by atoms with Gasteiger partial charge in [-0.05, 0) is 30.0 Å². The van der Waals surface area contributed by atoms with Crippen LogP contribution in [0.4, 0.5) is 4.39 Å². The van der Waals surface area contributed by atoms with E-state index in [2.05, 4.69) is 12.2 Å². The van der Waals surface area contributed by atoms with Crippen LogP contribution in [0.5, 0.6) is 0 Å². The average Bonchev–Trinajstić information content (AvgIpc) is 2.90. The molecule has 128 valence electrons. The highest BCUT2D eigenvalue weighted by Gasteiger charge is 2.36. The number of halogens is 2. The summed E-state index contributed by atoms with van der Waals surface area (Å²) < 4.78 is 13.5. The second-order valence-electron chi connectivity index (χ2n) is 6.28. The van der Waals surface area contributed by atoms with E-state index in [9.17, 15) is 9.18 Å². The summed E-state index contributed by atoms with van der Waals surface area (Å²) in [6.45, 7) is 3.91. The zero-order valence-corrected chi connectivity index (χ0v) is 15.0. The lowest BCUT2D eigenvalue weighted by Crippen LogP contribution is -2.42. The first-order valence-corrected chi connectivity index (χ1v) is 9.16. The molecule has 0 aromatic heterocycles. The second-order valence-corrected chi connectivity index (χ2v) is 7.43. The molecule has 1 aromatic rings. The lowest BCUT2D eigenvalue weighted by molar-refractivity contribution is -0.132. The molecule has 6 heteroatoms. The molecular formula is C17H24ClFN2OS. The van der Waals surface area contributed by atoms with Gasteiger partial charge < -0.3 is 10.2 Å². The summed E-state index contributed by atoms with van der Waals surface area (Å²) in [5, 5.41) is 3.42. The van der Waals surface area contributed by atoms with Crippen molar-refractivity contribution < 1.29 is 9.18 Å². The van der Waals surface area contributed by atoms with Crippen LogP contribution in [0.15, 0.2) is 24.3 Å². The molecule has 0 saturated carbocycles. The lowest BCUT2D eigenvalue weighted by atomic mass is 9.95. The van der Waals surface area contributed by atoms with Crippen LogP contribution in [0.2, 0.25) is 0 Å². The topological polar surface area (TPSA) is 32.3 Å². The highest BCUT2D eigenvalue weighted by molar-refractivity contribution is 7.99. The lowest BCUT2D eigenvalue weighted by Gasteiger charge is -2.30. The number of benzene rings is 1. The van der Waals surface area contributed by atoms with E-state index in [4.69, 9.17) is 0 Å². The number of thioether (sulfide) groups is 1. The number of amides is 1. The molecule has 0 aliphatic carbocycles. The minimum absolute atomic E-state index is 0. The average molecular weight is 359 g/mol. The zero-order valence-electron chi connectivity index (χ0n) is 13.3. The van der Waals surface area contributed by atoms with E-state index < -0.39 is 0 Å². The molecule has 0 radical (unpaired) electrons. The Balaban J connectivity index is 0.00000192. The van der Waals surface area contributed by atoms with Gasteiger partial charge in [0.05, 0.1) is 6.04 Å². The summed E-state index contributed by atoms with van der Waals surface area (Å²) in [7, 11) is 0. The highest BCUT2D eigenvalue weighted by Crippen LogP contribution is 2.37. The molecule has 2 fully saturated rings. The minimum Gasteiger partial charge on any atom is -0.335 e. The Bertz CT molecular complexity index is 539. The number of carbonyl (C=O) groups excluding carboxylic acids is 1. The van der Waals surface area contributed by atoms with Crippen molar-refractivity contribution in [1.82, 2.24) is 10.2 Å². The number of carbonyl (C=O) groups is 1. The quantitative estimate of drug-likeness (QED) is 0.900. The van der Waals surface area contributed by atoms with E-state index in [1.54, 1.807) is 12.1 Å². The third-order valence-electron chi connectivity index (χ3n) is 4.63. The van der Waals surface area contributed by atoms with Gasteiger partial charge >= 0.3 is 0 Å². The van der Waals surface area contributed by atoms with Gasteiger partial charge in [0.15, 0.2) is 0 Å². The summed E-state index contributed by atoms with van der Waals surface area (Å²) >= 11 is 1.90. The third kappa shape index (κ3) is 4.40. The van der Waals surface area contributed by atoms with Gasteiger partial charge in [0, 0.05) is 37.1 Å². The number of nitrogens with zero attached hydrogens (tertiary/aromatic N) is 1. The van der Waals surface area contributed by atoms with Crippen molar-refractivity contribution in [1.29, 1.82) is 0 Å². The molecule has 0 bridgehead atoms. The van der Waals surface area contributed by atoms with Crippen LogP contribution in [0, 0.1) is 11.7 Å². The maximum atomic E-state index is 13.5. The first kappa shape index (κ1) is 18.6. The Morgan fingerprint density at radius 2 is 2.30 bits per heavy atom. The molecular weight excluding hydrogens is 335 g/mol. The van der Waals surface area contributed by atoms with Crippen LogP contribution in [-0.4, -0.2) is 41.4 Å². The summed E-state index contributed by atoms with van der Waals surface area (Å²) in [4.78, 5) is 14.7. The maximum Gasteiger partial charge on any atom is 0.224 e. The predicted molar refractivity (Wildman–Crippen MR) is 95.6 cm³/mol. The van der Waals surface area contributed by atoms with Crippen LogP contribution in [0.25, 0.3) is 0 Å². The van der Waals surface area contributed by atoms with E-state index in [1.165, 1.54) is 6.07 Å². The van der Waals surface area contributed by atoms with Gasteiger partial charge in [0.1, 0.15) is 5.82 Å². The number of hydrogen-bond donors (Lipinski definition) is 1. The molecule has 3 atom stereocenters. The molecule has 2 aliphatic heterocycles. The summed E-state index contributed by atoms with van der Waals surface area (Å²) in [5.74, 6) is 2.46.